The first kappa shape index (κ1) is 15.7. The summed E-state index contributed by atoms with van der Waals surface area (Å²) >= 11 is 0. The predicted molar refractivity (Wildman–Crippen MR) is 66.7 cm³/mol. The summed E-state index contributed by atoms with van der Waals surface area (Å²) in [5.74, 6) is 0.629. The zero-order chi connectivity index (χ0) is 11.3. The molecule has 16 heavy (non-hydrogen) atoms. The predicted octanol–water partition coefficient (Wildman–Crippen LogP) is 0.541. The number of hydrogen-bond donors (Lipinski definition) is 3. The van der Waals surface area contributed by atoms with Crippen LogP contribution in [0.3, 0.4) is 0 Å². The van der Waals surface area contributed by atoms with E-state index in [-0.39, 0.29) is 24.2 Å². The van der Waals surface area contributed by atoms with E-state index >= 15 is 0 Å². The van der Waals surface area contributed by atoms with Crippen LogP contribution in [0.5, 0.6) is 0 Å². The van der Waals surface area contributed by atoms with Gasteiger partial charge in [-0.2, -0.15) is 0 Å². The Labute approximate surface area is 104 Å². The molecule has 1 amide bonds. The molecule has 3 N–H and O–H groups in total. The van der Waals surface area contributed by atoms with Gasteiger partial charge in [-0.15, -0.1) is 12.4 Å². The number of rotatable bonds is 5. The summed E-state index contributed by atoms with van der Waals surface area (Å²) in [6.45, 7) is 6.20. The summed E-state index contributed by atoms with van der Waals surface area (Å²) in [5.41, 5.74) is 0. The standard InChI is InChI=1S/C11H22N2O2.ClH/c1-8(2)5-10(14)7-13-11(15)9-3-4-12-6-9;/h8-10,12,14H,3-7H2,1-2H3,(H,13,15);1H. The lowest BCUT2D eigenvalue weighted by atomic mass is 10.1. The summed E-state index contributed by atoms with van der Waals surface area (Å²) in [4.78, 5) is 11.6. The maximum absolute atomic E-state index is 11.6. The second-order valence-electron chi connectivity index (χ2n) is 4.72. The van der Waals surface area contributed by atoms with Crippen LogP contribution >= 0.6 is 12.4 Å². The number of hydrogen-bond acceptors (Lipinski definition) is 3. The molecule has 1 fully saturated rings. The minimum absolute atomic E-state index is 0. The zero-order valence-corrected chi connectivity index (χ0v) is 10.8. The van der Waals surface area contributed by atoms with Crippen LogP contribution in [0.15, 0.2) is 0 Å². The van der Waals surface area contributed by atoms with Crippen LogP contribution in [-0.4, -0.2) is 36.8 Å². The van der Waals surface area contributed by atoms with Crippen LogP contribution < -0.4 is 10.6 Å². The van der Waals surface area contributed by atoms with E-state index in [0.29, 0.717) is 12.5 Å². The molecule has 2 atom stereocenters. The van der Waals surface area contributed by atoms with Gasteiger partial charge in [0.25, 0.3) is 0 Å². The van der Waals surface area contributed by atoms with E-state index < -0.39 is 6.10 Å². The second kappa shape index (κ2) is 7.87. The first-order valence-electron chi connectivity index (χ1n) is 5.76. The Morgan fingerprint density at radius 1 is 1.56 bits per heavy atom. The van der Waals surface area contributed by atoms with Crippen LogP contribution in [0, 0.1) is 11.8 Å². The molecular formula is C11H23ClN2O2. The highest BCUT2D eigenvalue weighted by molar-refractivity contribution is 5.85. The highest BCUT2D eigenvalue weighted by atomic mass is 35.5. The normalized spacial score (nSPS) is 21.6. The summed E-state index contributed by atoms with van der Waals surface area (Å²) in [6.07, 6.45) is 1.23. The van der Waals surface area contributed by atoms with Crippen LogP contribution in [0.4, 0.5) is 0 Å². The molecule has 0 bridgehead atoms. The van der Waals surface area contributed by atoms with Crippen molar-refractivity contribution in [3.05, 3.63) is 0 Å². The number of aliphatic hydroxyl groups is 1. The molecule has 0 aromatic heterocycles. The van der Waals surface area contributed by atoms with E-state index in [2.05, 4.69) is 24.5 Å². The Bertz CT molecular complexity index is 206. The van der Waals surface area contributed by atoms with Gasteiger partial charge in [-0.25, -0.2) is 0 Å². The van der Waals surface area contributed by atoms with Crippen LogP contribution in [0.25, 0.3) is 0 Å². The number of nitrogens with one attached hydrogen (secondary N) is 2. The quantitative estimate of drug-likeness (QED) is 0.668. The highest BCUT2D eigenvalue weighted by Gasteiger charge is 2.22. The Morgan fingerprint density at radius 3 is 2.75 bits per heavy atom. The molecule has 1 heterocycles. The molecular weight excluding hydrogens is 228 g/mol. The molecule has 1 aliphatic rings. The first-order valence-corrected chi connectivity index (χ1v) is 5.76. The Kier molecular flexibility index (Phi) is 7.72. The fraction of sp³-hybridized carbons (Fsp3) is 0.909. The smallest absolute Gasteiger partial charge is 0.224 e. The SMILES string of the molecule is CC(C)CC(O)CNC(=O)C1CCNC1.Cl. The van der Waals surface area contributed by atoms with E-state index in [0.717, 1.165) is 25.9 Å². The molecule has 0 aromatic rings. The summed E-state index contributed by atoms with van der Waals surface area (Å²) in [5, 5.41) is 15.5. The molecule has 5 heteroatoms. The van der Waals surface area contributed by atoms with Crippen molar-refractivity contribution in [2.75, 3.05) is 19.6 Å². The third kappa shape index (κ3) is 5.68. The fourth-order valence-electron chi connectivity index (χ4n) is 1.87. The third-order valence-electron chi connectivity index (χ3n) is 2.69. The average Bonchev–Trinajstić information content (AvgIpc) is 2.65. The van der Waals surface area contributed by atoms with Gasteiger partial charge in [-0.3, -0.25) is 4.79 Å². The molecule has 0 radical (unpaired) electrons. The maximum Gasteiger partial charge on any atom is 0.224 e. The van der Waals surface area contributed by atoms with Crippen molar-refractivity contribution in [1.82, 2.24) is 10.6 Å². The van der Waals surface area contributed by atoms with Crippen molar-refractivity contribution in [2.24, 2.45) is 11.8 Å². The molecule has 1 rings (SSSR count). The lowest BCUT2D eigenvalue weighted by Crippen LogP contribution is -2.37. The van der Waals surface area contributed by atoms with Crippen molar-refractivity contribution >= 4 is 18.3 Å². The third-order valence-corrected chi connectivity index (χ3v) is 2.69. The molecule has 0 aliphatic carbocycles. The minimum atomic E-state index is -0.414. The van der Waals surface area contributed by atoms with Crippen molar-refractivity contribution in [2.45, 2.75) is 32.8 Å². The molecule has 2 unspecified atom stereocenters. The van der Waals surface area contributed by atoms with Crippen LogP contribution in [0.1, 0.15) is 26.7 Å². The van der Waals surface area contributed by atoms with Gasteiger partial charge in [0.15, 0.2) is 0 Å². The van der Waals surface area contributed by atoms with Gasteiger partial charge in [0, 0.05) is 13.1 Å². The number of aliphatic hydroxyl groups excluding tert-OH is 1. The number of carbonyl (C=O) groups excluding carboxylic acids is 1. The van der Waals surface area contributed by atoms with Gasteiger partial charge < -0.3 is 15.7 Å². The summed E-state index contributed by atoms with van der Waals surface area (Å²) in [6, 6.07) is 0. The molecule has 0 spiro atoms. The van der Waals surface area contributed by atoms with Gasteiger partial charge in [0.1, 0.15) is 0 Å². The molecule has 0 aromatic carbocycles. The van der Waals surface area contributed by atoms with Gasteiger partial charge in [0.05, 0.1) is 12.0 Å². The van der Waals surface area contributed by atoms with E-state index in [4.69, 9.17) is 0 Å². The van der Waals surface area contributed by atoms with Crippen molar-refractivity contribution < 1.29 is 9.90 Å². The Balaban J connectivity index is 0.00000225. The van der Waals surface area contributed by atoms with Gasteiger partial charge in [-0.1, -0.05) is 13.8 Å². The van der Waals surface area contributed by atoms with E-state index in [1.165, 1.54) is 0 Å². The Hall–Kier alpha value is -0.320. The second-order valence-corrected chi connectivity index (χ2v) is 4.72. The van der Waals surface area contributed by atoms with E-state index in [9.17, 15) is 9.90 Å². The zero-order valence-electron chi connectivity index (χ0n) is 10.0. The lowest BCUT2D eigenvalue weighted by molar-refractivity contribution is -0.124. The van der Waals surface area contributed by atoms with E-state index in [1.807, 2.05) is 0 Å². The maximum atomic E-state index is 11.6. The largest absolute Gasteiger partial charge is 0.391 e. The number of halogens is 1. The summed E-state index contributed by atoms with van der Waals surface area (Å²) in [7, 11) is 0. The van der Waals surface area contributed by atoms with Crippen molar-refractivity contribution in [1.29, 1.82) is 0 Å². The first-order chi connectivity index (χ1) is 7.09. The van der Waals surface area contributed by atoms with Crippen molar-refractivity contribution in [3.8, 4) is 0 Å². The monoisotopic (exact) mass is 250 g/mol. The number of amides is 1. The fourth-order valence-corrected chi connectivity index (χ4v) is 1.87. The topological polar surface area (TPSA) is 61.4 Å². The van der Waals surface area contributed by atoms with E-state index in [1.54, 1.807) is 0 Å². The number of carbonyl (C=O) groups is 1. The summed E-state index contributed by atoms with van der Waals surface area (Å²) < 4.78 is 0. The van der Waals surface area contributed by atoms with Crippen LogP contribution in [-0.2, 0) is 4.79 Å². The van der Waals surface area contributed by atoms with Crippen LogP contribution in [0.2, 0.25) is 0 Å². The molecule has 0 saturated carbocycles. The molecule has 1 aliphatic heterocycles. The van der Waals surface area contributed by atoms with Gasteiger partial charge in [0.2, 0.25) is 5.91 Å². The van der Waals surface area contributed by atoms with Crippen molar-refractivity contribution in [3.63, 3.8) is 0 Å². The molecule has 4 nitrogen and oxygen atoms in total. The lowest BCUT2D eigenvalue weighted by Gasteiger charge is -2.15. The van der Waals surface area contributed by atoms with Gasteiger partial charge >= 0.3 is 0 Å². The average molecular weight is 251 g/mol. The van der Waals surface area contributed by atoms with Gasteiger partial charge in [-0.05, 0) is 25.3 Å². The Morgan fingerprint density at radius 2 is 2.25 bits per heavy atom. The minimum Gasteiger partial charge on any atom is -0.391 e. The highest BCUT2D eigenvalue weighted by Crippen LogP contribution is 2.08. The molecule has 1 saturated heterocycles. The molecule has 96 valence electrons.